The van der Waals surface area contributed by atoms with Gasteiger partial charge in [0, 0.05) is 6.54 Å². The van der Waals surface area contributed by atoms with Crippen LogP contribution in [-0.4, -0.2) is 32.2 Å². The SMILES string of the molecule is C#CCNC(CN)C(=O)OC. The highest BCUT2D eigenvalue weighted by atomic mass is 16.5. The summed E-state index contributed by atoms with van der Waals surface area (Å²) in [7, 11) is 1.31. The van der Waals surface area contributed by atoms with E-state index in [1.807, 2.05) is 0 Å². The zero-order valence-electron chi connectivity index (χ0n) is 6.46. The van der Waals surface area contributed by atoms with Crippen LogP contribution in [0.25, 0.3) is 0 Å². The number of carbonyl (C=O) groups is 1. The zero-order valence-corrected chi connectivity index (χ0v) is 6.46. The first-order valence-electron chi connectivity index (χ1n) is 3.21. The molecule has 1 unspecified atom stereocenters. The fourth-order valence-electron chi connectivity index (χ4n) is 0.587. The lowest BCUT2D eigenvalue weighted by molar-refractivity contribution is -0.142. The molecule has 0 aromatic rings. The van der Waals surface area contributed by atoms with Gasteiger partial charge in [0.05, 0.1) is 13.7 Å². The smallest absolute Gasteiger partial charge is 0.324 e. The summed E-state index contributed by atoms with van der Waals surface area (Å²) in [6.45, 7) is 0.505. The van der Waals surface area contributed by atoms with Crippen molar-refractivity contribution in [3.8, 4) is 12.3 Å². The van der Waals surface area contributed by atoms with Gasteiger partial charge in [0.25, 0.3) is 0 Å². The summed E-state index contributed by atoms with van der Waals surface area (Å²) in [4.78, 5) is 10.8. The number of carbonyl (C=O) groups excluding carboxylic acids is 1. The number of hydrogen-bond donors (Lipinski definition) is 2. The molecule has 1 atom stereocenters. The monoisotopic (exact) mass is 156 g/mol. The average molecular weight is 156 g/mol. The van der Waals surface area contributed by atoms with Crippen molar-refractivity contribution in [3.05, 3.63) is 0 Å². The topological polar surface area (TPSA) is 64.3 Å². The number of methoxy groups -OCH3 is 1. The van der Waals surface area contributed by atoms with E-state index in [2.05, 4.69) is 16.0 Å². The van der Waals surface area contributed by atoms with E-state index in [1.165, 1.54) is 7.11 Å². The van der Waals surface area contributed by atoms with Crippen LogP contribution in [0.5, 0.6) is 0 Å². The van der Waals surface area contributed by atoms with Gasteiger partial charge in [0.2, 0.25) is 0 Å². The van der Waals surface area contributed by atoms with Crippen LogP contribution in [0.2, 0.25) is 0 Å². The second kappa shape index (κ2) is 5.71. The highest BCUT2D eigenvalue weighted by Gasteiger charge is 2.14. The molecule has 11 heavy (non-hydrogen) atoms. The van der Waals surface area contributed by atoms with E-state index in [9.17, 15) is 4.79 Å². The van der Waals surface area contributed by atoms with Crippen molar-refractivity contribution >= 4 is 5.97 Å². The van der Waals surface area contributed by atoms with Crippen molar-refractivity contribution in [2.24, 2.45) is 5.73 Å². The molecule has 0 rings (SSSR count). The molecule has 0 amide bonds. The van der Waals surface area contributed by atoms with Gasteiger partial charge in [-0.1, -0.05) is 5.92 Å². The van der Waals surface area contributed by atoms with Gasteiger partial charge in [-0.2, -0.15) is 0 Å². The number of rotatable bonds is 4. The van der Waals surface area contributed by atoms with Gasteiger partial charge in [0.1, 0.15) is 6.04 Å². The largest absolute Gasteiger partial charge is 0.468 e. The highest BCUT2D eigenvalue weighted by molar-refractivity contribution is 5.75. The predicted octanol–water partition coefficient (Wildman–Crippen LogP) is -1.29. The van der Waals surface area contributed by atoms with Crippen LogP contribution in [-0.2, 0) is 9.53 Å². The summed E-state index contributed by atoms with van der Waals surface area (Å²) in [5.74, 6) is 1.95. The molecule has 0 aliphatic carbocycles. The first kappa shape index (κ1) is 9.95. The van der Waals surface area contributed by atoms with Crippen LogP contribution < -0.4 is 11.1 Å². The molecule has 0 aliphatic rings. The number of nitrogens with two attached hydrogens (primary N) is 1. The summed E-state index contributed by atoms with van der Waals surface area (Å²) in [6.07, 6.45) is 4.97. The third-order valence-electron chi connectivity index (χ3n) is 1.17. The Morgan fingerprint density at radius 3 is 2.91 bits per heavy atom. The molecule has 0 fully saturated rings. The second-order valence-corrected chi connectivity index (χ2v) is 1.90. The molecule has 0 saturated heterocycles. The molecule has 0 aliphatic heterocycles. The first-order chi connectivity index (χ1) is 5.26. The third-order valence-corrected chi connectivity index (χ3v) is 1.17. The van der Waals surface area contributed by atoms with E-state index >= 15 is 0 Å². The van der Waals surface area contributed by atoms with Gasteiger partial charge >= 0.3 is 5.97 Å². The Bertz CT molecular complexity index is 162. The van der Waals surface area contributed by atoms with Crippen LogP contribution >= 0.6 is 0 Å². The van der Waals surface area contributed by atoms with Crippen molar-refractivity contribution in [1.29, 1.82) is 0 Å². The molecule has 0 spiro atoms. The average Bonchev–Trinajstić information content (AvgIpc) is 2.05. The molecule has 4 heteroatoms. The zero-order chi connectivity index (χ0) is 8.69. The molecule has 0 bridgehead atoms. The molecule has 4 nitrogen and oxygen atoms in total. The maximum absolute atomic E-state index is 10.8. The Labute approximate surface area is 66.1 Å². The lowest BCUT2D eigenvalue weighted by atomic mass is 10.3. The molecule has 3 N–H and O–H groups in total. The van der Waals surface area contributed by atoms with Crippen LogP contribution in [0, 0.1) is 12.3 Å². The van der Waals surface area contributed by atoms with Crippen LogP contribution in [0.15, 0.2) is 0 Å². The summed E-state index contributed by atoms with van der Waals surface area (Å²) >= 11 is 0. The lowest BCUT2D eigenvalue weighted by Gasteiger charge is -2.11. The molecule has 0 saturated carbocycles. The lowest BCUT2D eigenvalue weighted by Crippen LogP contribution is -2.43. The minimum absolute atomic E-state index is 0.189. The summed E-state index contributed by atoms with van der Waals surface area (Å²) in [5.41, 5.74) is 5.26. The van der Waals surface area contributed by atoms with E-state index in [4.69, 9.17) is 12.2 Å². The number of terminal acetylenes is 1. The fraction of sp³-hybridized carbons (Fsp3) is 0.571. The molecular formula is C7H12N2O2. The second-order valence-electron chi connectivity index (χ2n) is 1.90. The highest BCUT2D eigenvalue weighted by Crippen LogP contribution is 1.83. The van der Waals surface area contributed by atoms with Gasteiger partial charge in [-0.15, -0.1) is 6.42 Å². The standard InChI is InChI=1S/C7H12N2O2/c1-3-4-9-6(5-8)7(10)11-2/h1,6,9H,4-5,8H2,2H3. The van der Waals surface area contributed by atoms with Crippen LogP contribution in [0.1, 0.15) is 0 Å². The van der Waals surface area contributed by atoms with Gasteiger partial charge in [-0.05, 0) is 0 Å². The Kier molecular flexibility index (Phi) is 5.17. The Morgan fingerprint density at radius 2 is 2.55 bits per heavy atom. The van der Waals surface area contributed by atoms with Gasteiger partial charge in [-0.3, -0.25) is 10.1 Å². The number of nitrogens with one attached hydrogen (secondary N) is 1. The van der Waals surface area contributed by atoms with Crippen molar-refractivity contribution in [3.63, 3.8) is 0 Å². The molecule has 62 valence electrons. The number of ether oxygens (including phenoxy) is 1. The van der Waals surface area contributed by atoms with Crippen LogP contribution in [0.4, 0.5) is 0 Å². The summed E-state index contributed by atoms with van der Waals surface area (Å²) in [5, 5.41) is 2.73. The minimum atomic E-state index is -0.490. The van der Waals surface area contributed by atoms with Crippen molar-refractivity contribution in [2.75, 3.05) is 20.2 Å². The van der Waals surface area contributed by atoms with Gasteiger partial charge in [0.15, 0.2) is 0 Å². The maximum atomic E-state index is 10.8. The maximum Gasteiger partial charge on any atom is 0.324 e. The summed E-state index contributed by atoms with van der Waals surface area (Å²) < 4.78 is 4.45. The molecule has 0 heterocycles. The van der Waals surface area contributed by atoms with E-state index in [1.54, 1.807) is 0 Å². The molecule has 0 aromatic heterocycles. The van der Waals surface area contributed by atoms with Crippen molar-refractivity contribution in [1.82, 2.24) is 5.32 Å². The van der Waals surface area contributed by atoms with E-state index in [-0.39, 0.29) is 12.5 Å². The number of esters is 1. The Morgan fingerprint density at radius 1 is 1.91 bits per heavy atom. The minimum Gasteiger partial charge on any atom is -0.468 e. The predicted molar refractivity (Wildman–Crippen MR) is 41.7 cm³/mol. The van der Waals surface area contributed by atoms with Gasteiger partial charge < -0.3 is 10.5 Å². The van der Waals surface area contributed by atoms with E-state index in [0.29, 0.717) is 6.54 Å². The van der Waals surface area contributed by atoms with Gasteiger partial charge in [-0.25, -0.2) is 0 Å². The normalized spacial score (nSPS) is 11.7. The van der Waals surface area contributed by atoms with Crippen molar-refractivity contribution < 1.29 is 9.53 Å². The molecule has 0 aromatic carbocycles. The van der Waals surface area contributed by atoms with Crippen molar-refractivity contribution in [2.45, 2.75) is 6.04 Å². The van der Waals surface area contributed by atoms with E-state index in [0.717, 1.165) is 0 Å². The molecule has 0 radical (unpaired) electrons. The first-order valence-corrected chi connectivity index (χ1v) is 3.21. The quantitative estimate of drug-likeness (QED) is 0.392. The van der Waals surface area contributed by atoms with Crippen LogP contribution in [0.3, 0.4) is 0 Å². The number of hydrogen-bond acceptors (Lipinski definition) is 4. The third kappa shape index (κ3) is 3.61. The Balaban J connectivity index is 3.77. The summed E-state index contributed by atoms with van der Waals surface area (Å²) in [6, 6.07) is -0.490. The fourth-order valence-corrected chi connectivity index (χ4v) is 0.587. The van der Waals surface area contributed by atoms with E-state index < -0.39 is 6.04 Å². The molecular weight excluding hydrogens is 144 g/mol. The Hall–Kier alpha value is -1.05.